The van der Waals surface area contributed by atoms with E-state index in [-0.39, 0.29) is 43.0 Å². The van der Waals surface area contributed by atoms with Crippen LogP contribution in [0.5, 0.6) is 5.75 Å². The highest BCUT2D eigenvalue weighted by atomic mass is 35.5. The van der Waals surface area contributed by atoms with Gasteiger partial charge in [-0.1, -0.05) is 24.3 Å². The summed E-state index contributed by atoms with van der Waals surface area (Å²) >= 11 is 0. The van der Waals surface area contributed by atoms with Gasteiger partial charge in [-0.15, -0.1) is 24.8 Å². The van der Waals surface area contributed by atoms with Gasteiger partial charge in [0.2, 0.25) is 5.91 Å². The number of ether oxygens (including phenoxy) is 1. The van der Waals surface area contributed by atoms with Crippen LogP contribution >= 0.6 is 24.8 Å². The first kappa shape index (κ1) is 26.3. The van der Waals surface area contributed by atoms with Crippen molar-refractivity contribution in [3.05, 3.63) is 64.7 Å². The molecule has 0 bridgehead atoms. The number of amides is 1. The molecular formula is C23H29Cl2F2N3O2. The maximum Gasteiger partial charge on any atom is 0.243 e. The predicted molar refractivity (Wildman–Crippen MR) is 125 cm³/mol. The van der Waals surface area contributed by atoms with Crippen LogP contribution in [0.25, 0.3) is 0 Å². The molecule has 4 rings (SSSR count). The summed E-state index contributed by atoms with van der Waals surface area (Å²) in [5.41, 5.74) is 2.01. The lowest BCUT2D eigenvalue weighted by atomic mass is 9.90. The number of nitrogens with zero attached hydrogens (tertiary/aromatic N) is 2. The van der Waals surface area contributed by atoms with Crippen LogP contribution in [0.1, 0.15) is 16.7 Å². The predicted octanol–water partition coefficient (Wildman–Crippen LogP) is 3.22. The molecule has 0 radical (unpaired) electrons. The zero-order valence-electron chi connectivity index (χ0n) is 18.2. The Bertz CT molecular complexity index is 930. The summed E-state index contributed by atoms with van der Waals surface area (Å²) in [6, 6.07) is 10.2. The van der Waals surface area contributed by atoms with Crippen LogP contribution in [0, 0.1) is 11.6 Å². The molecule has 1 heterocycles. The number of benzene rings is 2. The van der Waals surface area contributed by atoms with Crippen molar-refractivity contribution >= 4 is 30.7 Å². The number of hydrogen-bond donors (Lipinski definition) is 1. The number of rotatable bonds is 5. The molecule has 0 atom stereocenters. The zero-order chi connectivity index (χ0) is 21.3. The average Bonchev–Trinajstić information content (AvgIpc) is 3.14. The SMILES string of the molecule is COc1c(F)cc(F)cc1CN(C)C(=O)C1(N2CCNCC2)Cc2ccccc2C1.Cl.Cl. The number of likely N-dealkylation sites (N-methyl/N-ethyl adjacent to an activating group) is 1. The van der Waals surface area contributed by atoms with Crippen molar-refractivity contribution in [3.63, 3.8) is 0 Å². The number of halogens is 4. The molecule has 1 aliphatic heterocycles. The van der Waals surface area contributed by atoms with Crippen LogP contribution < -0.4 is 10.1 Å². The number of carbonyl (C=O) groups excluding carboxylic acids is 1. The van der Waals surface area contributed by atoms with Crippen LogP contribution in [-0.4, -0.2) is 61.6 Å². The number of fused-ring (bicyclic) bond motifs is 1. The first-order valence-corrected chi connectivity index (χ1v) is 10.2. The summed E-state index contributed by atoms with van der Waals surface area (Å²) in [5.74, 6) is -1.51. The Morgan fingerprint density at radius 1 is 1.12 bits per heavy atom. The van der Waals surface area contributed by atoms with Gasteiger partial charge in [-0.25, -0.2) is 8.78 Å². The fourth-order valence-corrected chi connectivity index (χ4v) is 4.84. The fraction of sp³-hybridized carbons (Fsp3) is 0.435. The maximum atomic E-state index is 14.1. The maximum absolute atomic E-state index is 14.1. The minimum Gasteiger partial charge on any atom is -0.493 e. The van der Waals surface area contributed by atoms with Gasteiger partial charge in [-0.3, -0.25) is 9.69 Å². The molecule has 5 nitrogen and oxygen atoms in total. The fourth-order valence-electron chi connectivity index (χ4n) is 4.84. The van der Waals surface area contributed by atoms with E-state index in [4.69, 9.17) is 4.74 Å². The van der Waals surface area contributed by atoms with Crippen LogP contribution in [0.4, 0.5) is 8.78 Å². The molecule has 2 aromatic rings. The molecule has 32 heavy (non-hydrogen) atoms. The van der Waals surface area contributed by atoms with Gasteiger partial charge in [0.25, 0.3) is 0 Å². The van der Waals surface area contributed by atoms with Gasteiger partial charge in [0, 0.05) is 64.2 Å². The van der Waals surface area contributed by atoms with E-state index in [0.29, 0.717) is 18.4 Å². The molecule has 2 aromatic carbocycles. The highest BCUT2D eigenvalue weighted by Crippen LogP contribution is 2.37. The lowest BCUT2D eigenvalue weighted by molar-refractivity contribution is -0.144. The Kier molecular flexibility index (Phi) is 8.88. The zero-order valence-corrected chi connectivity index (χ0v) is 19.8. The molecule has 1 fully saturated rings. The minimum absolute atomic E-state index is 0. The van der Waals surface area contributed by atoms with Gasteiger partial charge in [0.05, 0.1) is 7.11 Å². The number of hydrogen-bond acceptors (Lipinski definition) is 4. The third-order valence-electron chi connectivity index (χ3n) is 6.25. The molecule has 0 saturated carbocycles. The number of piperazine rings is 1. The Hall–Kier alpha value is -1.93. The van der Waals surface area contributed by atoms with E-state index in [2.05, 4.69) is 22.3 Å². The van der Waals surface area contributed by atoms with Crippen molar-refractivity contribution in [3.8, 4) is 5.75 Å². The Labute approximate surface area is 199 Å². The lowest BCUT2D eigenvalue weighted by Gasteiger charge is -2.44. The van der Waals surface area contributed by atoms with Crippen molar-refractivity contribution in [1.82, 2.24) is 15.1 Å². The van der Waals surface area contributed by atoms with Gasteiger partial charge in [-0.05, 0) is 17.2 Å². The molecule has 2 aliphatic rings. The molecule has 1 saturated heterocycles. The Morgan fingerprint density at radius 2 is 1.72 bits per heavy atom. The summed E-state index contributed by atoms with van der Waals surface area (Å²) in [7, 11) is 3.04. The van der Waals surface area contributed by atoms with Crippen molar-refractivity contribution in [2.45, 2.75) is 24.9 Å². The molecule has 1 N–H and O–H groups in total. The highest BCUT2D eigenvalue weighted by molar-refractivity contribution is 5.88. The minimum atomic E-state index is -0.765. The summed E-state index contributed by atoms with van der Waals surface area (Å²) in [6.07, 6.45) is 1.28. The van der Waals surface area contributed by atoms with Crippen LogP contribution in [0.3, 0.4) is 0 Å². The Morgan fingerprint density at radius 3 is 2.28 bits per heavy atom. The lowest BCUT2D eigenvalue weighted by Crippen LogP contribution is -2.63. The van der Waals surface area contributed by atoms with Gasteiger partial charge >= 0.3 is 0 Å². The molecule has 1 aliphatic carbocycles. The molecule has 9 heteroatoms. The molecule has 0 spiro atoms. The number of methoxy groups -OCH3 is 1. The van der Waals surface area contributed by atoms with Gasteiger partial charge in [0.15, 0.2) is 11.6 Å². The number of carbonyl (C=O) groups is 1. The van der Waals surface area contributed by atoms with E-state index in [1.807, 2.05) is 12.1 Å². The molecule has 176 valence electrons. The topological polar surface area (TPSA) is 44.8 Å². The first-order chi connectivity index (χ1) is 14.4. The monoisotopic (exact) mass is 487 g/mol. The van der Waals surface area contributed by atoms with E-state index in [9.17, 15) is 13.6 Å². The van der Waals surface area contributed by atoms with Crippen molar-refractivity contribution in [2.75, 3.05) is 40.3 Å². The molecule has 1 amide bonds. The standard InChI is InChI=1S/C23H27F2N3O2.2ClH/c1-27(15-18-11-19(24)12-20(25)21(18)30-2)22(29)23(28-9-7-26-8-10-28)13-16-5-3-4-6-17(16)14-23;;/h3-6,11-12,26H,7-10,13-15H2,1-2H3;2*1H. The van der Waals surface area contributed by atoms with Crippen molar-refractivity contribution in [1.29, 1.82) is 0 Å². The van der Waals surface area contributed by atoms with Crippen LogP contribution in [-0.2, 0) is 24.2 Å². The first-order valence-electron chi connectivity index (χ1n) is 10.2. The average molecular weight is 488 g/mol. The van der Waals surface area contributed by atoms with E-state index in [0.717, 1.165) is 32.2 Å². The van der Waals surface area contributed by atoms with Gasteiger partial charge in [-0.2, -0.15) is 0 Å². The largest absolute Gasteiger partial charge is 0.493 e. The van der Waals surface area contributed by atoms with E-state index < -0.39 is 17.2 Å². The molecule has 0 unspecified atom stereocenters. The molecule has 0 aromatic heterocycles. The van der Waals surface area contributed by atoms with E-state index >= 15 is 0 Å². The summed E-state index contributed by atoms with van der Waals surface area (Å²) in [6.45, 7) is 3.30. The van der Waals surface area contributed by atoms with Crippen molar-refractivity contribution in [2.24, 2.45) is 0 Å². The third kappa shape index (κ3) is 4.86. The quantitative estimate of drug-likeness (QED) is 0.703. The Balaban J connectivity index is 0.00000181. The second kappa shape index (κ2) is 10.8. The normalized spacial score (nSPS) is 17.0. The second-order valence-electron chi connectivity index (χ2n) is 8.13. The summed E-state index contributed by atoms with van der Waals surface area (Å²) in [5, 5.41) is 3.35. The second-order valence-corrected chi connectivity index (χ2v) is 8.13. The van der Waals surface area contributed by atoms with E-state index in [1.54, 1.807) is 11.9 Å². The van der Waals surface area contributed by atoms with Gasteiger partial charge in [0.1, 0.15) is 11.4 Å². The van der Waals surface area contributed by atoms with Crippen molar-refractivity contribution < 1.29 is 18.3 Å². The van der Waals surface area contributed by atoms with Gasteiger partial charge < -0.3 is 15.0 Å². The summed E-state index contributed by atoms with van der Waals surface area (Å²) in [4.78, 5) is 17.7. The smallest absolute Gasteiger partial charge is 0.243 e. The van der Waals surface area contributed by atoms with E-state index in [1.165, 1.54) is 24.3 Å². The third-order valence-corrected chi connectivity index (χ3v) is 6.25. The highest BCUT2D eigenvalue weighted by Gasteiger charge is 2.49. The van der Waals surface area contributed by atoms with Crippen LogP contribution in [0.2, 0.25) is 0 Å². The number of nitrogens with one attached hydrogen (secondary N) is 1. The summed E-state index contributed by atoms with van der Waals surface area (Å²) < 4.78 is 33.1. The van der Waals surface area contributed by atoms with Crippen LogP contribution in [0.15, 0.2) is 36.4 Å². The molecular weight excluding hydrogens is 459 g/mol.